The monoisotopic (exact) mass is 212 g/mol. The van der Waals surface area contributed by atoms with E-state index in [4.69, 9.17) is 4.74 Å². The van der Waals surface area contributed by atoms with Crippen molar-refractivity contribution in [2.75, 3.05) is 26.2 Å². The third kappa shape index (κ3) is 3.44. The number of nitrogens with one attached hydrogen (secondary N) is 2. The van der Waals surface area contributed by atoms with Crippen molar-refractivity contribution in [1.29, 1.82) is 0 Å². The fourth-order valence-corrected chi connectivity index (χ4v) is 2.56. The maximum absolute atomic E-state index is 5.78. The molecule has 0 amide bonds. The third-order valence-electron chi connectivity index (χ3n) is 3.64. The second-order valence-electron chi connectivity index (χ2n) is 5.16. The molecule has 3 heteroatoms. The standard InChI is InChI=1S/C12H24N2O/c1-12(6-3-9-15-12)10-14-11-4-2-7-13-8-5-11/h11,13-14H,2-10H2,1H3. The number of hydrogen-bond donors (Lipinski definition) is 2. The van der Waals surface area contributed by atoms with Crippen LogP contribution in [0.2, 0.25) is 0 Å². The Morgan fingerprint density at radius 2 is 2.27 bits per heavy atom. The van der Waals surface area contributed by atoms with E-state index in [0.29, 0.717) is 6.04 Å². The molecule has 0 aromatic rings. The Balaban J connectivity index is 1.71. The van der Waals surface area contributed by atoms with Crippen LogP contribution >= 0.6 is 0 Å². The molecule has 2 saturated heterocycles. The Hall–Kier alpha value is -0.120. The second kappa shape index (κ2) is 5.28. The van der Waals surface area contributed by atoms with E-state index in [-0.39, 0.29) is 5.60 Å². The van der Waals surface area contributed by atoms with Crippen molar-refractivity contribution in [2.45, 2.75) is 50.7 Å². The lowest BCUT2D eigenvalue weighted by atomic mass is 10.0. The molecule has 0 aliphatic carbocycles. The summed E-state index contributed by atoms with van der Waals surface area (Å²) < 4.78 is 5.78. The van der Waals surface area contributed by atoms with Gasteiger partial charge in [-0.15, -0.1) is 0 Å². The van der Waals surface area contributed by atoms with E-state index in [0.717, 1.165) is 19.7 Å². The van der Waals surface area contributed by atoms with Gasteiger partial charge in [0, 0.05) is 19.2 Å². The summed E-state index contributed by atoms with van der Waals surface area (Å²) in [6.45, 7) is 6.56. The molecule has 2 atom stereocenters. The number of hydrogen-bond acceptors (Lipinski definition) is 3. The quantitative estimate of drug-likeness (QED) is 0.739. The van der Waals surface area contributed by atoms with E-state index in [2.05, 4.69) is 17.6 Å². The van der Waals surface area contributed by atoms with Gasteiger partial charge in [0.15, 0.2) is 0 Å². The Labute approximate surface area is 93.0 Å². The first-order valence-electron chi connectivity index (χ1n) is 6.37. The van der Waals surface area contributed by atoms with Crippen LogP contribution in [-0.2, 0) is 4.74 Å². The Bertz CT molecular complexity index is 182. The molecule has 0 spiro atoms. The van der Waals surface area contributed by atoms with Gasteiger partial charge in [0.25, 0.3) is 0 Å². The van der Waals surface area contributed by atoms with Crippen molar-refractivity contribution in [3.05, 3.63) is 0 Å². The Morgan fingerprint density at radius 3 is 3.07 bits per heavy atom. The molecule has 0 saturated carbocycles. The second-order valence-corrected chi connectivity index (χ2v) is 5.16. The van der Waals surface area contributed by atoms with Gasteiger partial charge in [-0.2, -0.15) is 0 Å². The molecule has 2 aliphatic heterocycles. The normalized spacial score (nSPS) is 37.8. The van der Waals surface area contributed by atoms with Crippen LogP contribution < -0.4 is 10.6 Å². The first-order valence-corrected chi connectivity index (χ1v) is 6.37. The molecule has 2 aliphatic rings. The van der Waals surface area contributed by atoms with Crippen molar-refractivity contribution in [1.82, 2.24) is 10.6 Å². The molecule has 2 N–H and O–H groups in total. The molecule has 88 valence electrons. The van der Waals surface area contributed by atoms with Crippen LogP contribution in [0.15, 0.2) is 0 Å². The zero-order chi connectivity index (χ0) is 10.6. The minimum Gasteiger partial charge on any atom is -0.374 e. The van der Waals surface area contributed by atoms with Crippen LogP contribution in [-0.4, -0.2) is 37.9 Å². The molecule has 0 radical (unpaired) electrons. The number of rotatable bonds is 3. The van der Waals surface area contributed by atoms with Crippen molar-refractivity contribution in [3.63, 3.8) is 0 Å². The average molecular weight is 212 g/mol. The van der Waals surface area contributed by atoms with Crippen LogP contribution in [0.5, 0.6) is 0 Å². The minimum absolute atomic E-state index is 0.111. The third-order valence-corrected chi connectivity index (χ3v) is 3.64. The van der Waals surface area contributed by atoms with Gasteiger partial charge in [-0.25, -0.2) is 0 Å². The predicted molar refractivity (Wildman–Crippen MR) is 62.1 cm³/mol. The molecule has 15 heavy (non-hydrogen) atoms. The topological polar surface area (TPSA) is 33.3 Å². The average Bonchev–Trinajstić information content (AvgIpc) is 2.53. The summed E-state index contributed by atoms with van der Waals surface area (Å²) in [6.07, 6.45) is 6.31. The van der Waals surface area contributed by atoms with Gasteiger partial charge in [-0.3, -0.25) is 0 Å². The molecule has 0 aromatic heterocycles. The molecule has 2 heterocycles. The van der Waals surface area contributed by atoms with Crippen molar-refractivity contribution in [3.8, 4) is 0 Å². The highest BCUT2D eigenvalue weighted by Crippen LogP contribution is 2.24. The lowest BCUT2D eigenvalue weighted by Gasteiger charge is -2.26. The van der Waals surface area contributed by atoms with E-state index in [1.54, 1.807) is 0 Å². The summed E-state index contributed by atoms with van der Waals surface area (Å²) in [7, 11) is 0. The predicted octanol–water partition coefficient (Wildman–Crippen LogP) is 1.29. The summed E-state index contributed by atoms with van der Waals surface area (Å²) in [4.78, 5) is 0. The summed E-state index contributed by atoms with van der Waals surface area (Å²) in [6, 6.07) is 0.695. The molecule has 2 unspecified atom stereocenters. The van der Waals surface area contributed by atoms with Crippen LogP contribution in [0.4, 0.5) is 0 Å². The van der Waals surface area contributed by atoms with Crippen LogP contribution in [0.1, 0.15) is 39.0 Å². The fourth-order valence-electron chi connectivity index (χ4n) is 2.56. The zero-order valence-electron chi connectivity index (χ0n) is 9.85. The zero-order valence-corrected chi connectivity index (χ0v) is 9.85. The van der Waals surface area contributed by atoms with Crippen molar-refractivity contribution < 1.29 is 4.74 Å². The van der Waals surface area contributed by atoms with E-state index in [1.165, 1.54) is 38.6 Å². The molecule has 3 nitrogen and oxygen atoms in total. The van der Waals surface area contributed by atoms with Gasteiger partial charge in [-0.05, 0) is 52.1 Å². The van der Waals surface area contributed by atoms with Gasteiger partial charge < -0.3 is 15.4 Å². The van der Waals surface area contributed by atoms with E-state index >= 15 is 0 Å². The highest BCUT2D eigenvalue weighted by atomic mass is 16.5. The Morgan fingerprint density at radius 1 is 1.33 bits per heavy atom. The van der Waals surface area contributed by atoms with Crippen LogP contribution in [0.3, 0.4) is 0 Å². The highest BCUT2D eigenvalue weighted by molar-refractivity contribution is 4.84. The molecular formula is C12H24N2O. The minimum atomic E-state index is 0.111. The fraction of sp³-hybridized carbons (Fsp3) is 1.00. The van der Waals surface area contributed by atoms with E-state index in [1.807, 2.05) is 0 Å². The largest absolute Gasteiger partial charge is 0.374 e. The van der Waals surface area contributed by atoms with Crippen LogP contribution in [0.25, 0.3) is 0 Å². The van der Waals surface area contributed by atoms with E-state index < -0.39 is 0 Å². The smallest absolute Gasteiger partial charge is 0.0779 e. The summed E-state index contributed by atoms with van der Waals surface area (Å²) >= 11 is 0. The summed E-state index contributed by atoms with van der Waals surface area (Å²) in [5.74, 6) is 0. The van der Waals surface area contributed by atoms with Gasteiger partial charge in [-0.1, -0.05) is 0 Å². The lowest BCUT2D eigenvalue weighted by molar-refractivity contribution is 0.0184. The highest BCUT2D eigenvalue weighted by Gasteiger charge is 2.30. The molecule has 0 bridgehead atoms. The van der Waals surface area contributed by atoms with Crippen molar-refractivity contribution >= 4 is 0 Å². The van der Waals surface area contributed by atoms with Gasteiger partial charge in [0.2, 0.25) is 0 Å². The van der Waals surface area contributed by atoms with Crippen molar-refractivity contribution in [2.24, 2.45) is 0 Å². The lowest BCUT2D eigenvalue weighted by Crippen LogP contribution is -2.42. The summed E-state index contributed by atoms with van der Waals surface area (Å²) in [5, 5.41) is 7.12. The molecule has 2 fully saturated rings. The van der Waals surface area contributed by atoms with Gasteiger partial charge in [0.1, 0.15) is 0 Å². The first kappa shape index (κ1) is 11.4. The summed E-state index contributed by atoms with van der Waals surface area (Å²) in [5.41, 5.74) is 0.111. The SMILES string of the molecule is CC1(CNC2CCCNCC2)CCCO1. The molecule has 2 rings (SSSR count). The number of ether oxygens (including phenoxy) is 1. The molecular weight excluding hydrogens is 188 g/mol. The van der Waals surface area contributed by atoms with Gasteiger partial charge in [0.05, 0.1) is 5.60 Å². The van der Waals surface area contributed by atoms with E-state index in [9.17, 15) is 0 Å². The maximum atomic E-state index is 5.78. The van der Waals surface area contributed by atoms with Crippen LogP contribution in [0, 0.1) is 0 Å². The Kier molecular flexibility index (Phi) is 4.00. The maximum Gasteiger partial charge on any atom is 0.0779 e. The first-order chi connectivity index (χ1) is 7.29. The van der Waals surface area contributed by atoms with Gasteiger partial charge >= 0.3 is 0 Å². The molecule has 0 aromatic carbocycles.